The highest BCUT2D eigenvalue weighted by atomic mass is 16.2. The molecule has 0 unspecified atom stereocenters. The Hall–Kier alpha value is -2.88. The van der Waals surface area contributed by atoms with Crippen LogP contribution >= 0.6 is 0 Å². The van der Waals surface area contributed by atoms with Crippen LogP contribution in [0, 0.1) is 11.3 Å². The Morgan fingerprint density at radius 2 is 2.04 bits per heavy atom. The first-order valence-electron chi connectivity index (χ1n) is 8.22. The highest BCUT2D eigenvalue weighted by Gasteiger charge is 2.14. The summed E-state index contributed by atoms with van der Waals surface area (Å²) in [6.07, 6.45) is 5.20. The molecule has 0 fully saturated rings. The Balaban J connectivity index is 1.48. The van der Waals surface area contributed by atoms with Gasteiger partial charge in [0.1, 0.15) is 11.6 Å². The molecule has 2 heterocycles. The van der Waals surface area contributed by atoms with Crippen molar-refractivity contribution in [1.29, 1.82) is 5.26 Å². The highest BCUT2D eigenvalue weighted by molar-refractivity contribution is 5.89. The lowest BCUT2D eigenvalue weighted by Crippen LogP contribution is -2.31. The lowest BCUT2D eigenvalue weighted by atomic mass is 10.2. The van der Waals surface area contributed by atoms with E-state index < -0.39 is 0 Å². The number of nitriles is 1. The number of carbonyl (C=O) groups is 1. The largest absolute Gasteiger partial charge is 0.337 e. The van der Waals surface area contributed by atoms with E-state index in [0.717, 1.165) is 31.0 Å². The van der Waals surface area contributed by atoms with Crippen LogP contribution in [0.5, 0.6) is 0 Å². The van der Waals surface area contributed by atoms with Gasteiger partial charge in [0.25, 0.3) is 0 Å². The fraction of sp³-hybridized carbons (Fsp3) is 0.412. The Bertz CT molecular complexity index is 743. The van der Waals surface area contributed by atoms with Gasteiger partial charge in [0.2, 0.25) is 0 Å². The number of hydrogen-bond acceptors (Lipinski definition) is 4. The topological polar surface area (TPSA) is 95.6 Å². The number of carbonyl (C=O) groups excluding carboxylic acids is 1. The number of nitrogens with one attached hydrogen (secondary N) is 2. The highest BCUT2D eigenvalue weighted by Crippen LogP contribution is 2.14. The SMILES string of the molecule is N#Cc1ccc(NC(=O)NCCc2nnc3n2CCCCC3)cc1. The van der Waals surface area contributed by atoms with Gasteiger partial charge in [-0.2, -0.15) is 5.26 Å². The van der Waals surface area contributed by atoms with Gasteiger partial charge in [-0.3, -0.25) is 0 Å². The lowest BCUT2D eigenvalue weighted by Gasteiger charge is -2.09. The quantitative estimate of drug-likeness (QED) is 0.901. The van der Waals surface area contributed by atoms with E-state index in [2.05, 4.69) is 25.4 Å². The van der Waals surface area contributed by atoms with E-state index in [-0.39, 0.29) is 6.03 Å². The molecule has 124 valence electrons. The number of benzene rings is 1. The van der Waals surface area contributed by atoms with Crippen LogP contribution in [0.25, 0.3) is 0 Å². The molecule has 2 N–H and O–H groups in total. The normalized spacial score (nSPS) is 13.5. The first-order chi connectivity index (χ1) is 11.8. The van der Waals surface area contributed by atoms with E-state index in [0.29, 0.717) is 24.2 Å². The Labute approximate surface area is 140 Å². The summed E-state index contributed by atoms with van der Waals surface area (Å²) in [5.41, 5.74) is 1.22. The molecule has 1 aromatic heterocycles. The molecular formula is C17H20N6O. The summed E-state index contributed by atoms with van der Waals surface area (Å²) in [6, 6.07) is 8.52. The first kappa shape index (κ1) is 16.0. The molecule has 0 atom stereocenters. The Kier molecular flexibility index (Phi) is 5.06. The number of hydrogen-bond donors (Lipinski definition) is 2. The third-order valence-electron chi connectivity index (χ3n) is 4.09. The van der Waals surface area contributed by atoms with Crippen molar-refractivity contribution in [2.24, 2.45) is 0 Å². The number of amides is 2. The molecule has 0 saturated carbocycles. The molecule has 1 aliphatic rings. The van der Waals surface area contributed by atoms with Crippen LogP contribution in [0.1, 0.15) is 36.5 Å². The average Bonchev–Trinajstić information content (AvgIpc) is 2.82. The number of aryl methyl sites for hydroxylation is 1. The van der Waals surface area contributed by atoms with Crippen molar-refractivity contribution in [3.63, 3.8) is 0 Å². The van der Waals surface area contributed by atoms with Crippen molar-refractivity contribution in [3.05, 3.63) is 41.5 Å². The predicted molar refractivity (Wildman–Crippen MR) is 89.5 cm³/mol. The van der Waals surface area contributed by atoms with Crippen molar-refractivity contribution >= 4 is 11.7 Å². The number of fused-ring (bicyclic) bond motifs is 1. The second-order valence-electron chi connectivity index (χ2n) is 5.81. The van der Waals surface area contributed by atoms with Crippen LogP contribution in [-0.4, -0.2) is 27.3 Å². The summed E-state index contributed by atoms with van der Waals surface area (Å²) in [5, 5.41) is 22.8. The molecule has 0 aliphatic carbocycles. The van der Waals surface area contributed by atoms with E-state index in [9.17, 15) is 4.79 Å². The molecule has 0 bridgehead atoms. The molecule has 2 aromatic rings. The molecule has 0 spiro atoms. The summed E-state index contributed by atoms with van der Waals surface area (Å²) in [6.45, 7) is 1.47. The average molecular weight is 324 g/mol. The van der Waals surface area contributed by atoms with Gasteiger partial charge in [0.05, 0.1) is 11.6 Å². The minimum atomic E-state index is -0.268. The first-order valence-corrected chi connectivity index (χ1v) is 8.22. The Morgan fingerprint density at radius 1 is 1.21 bits per heavy atom. The molecule has 7 heteroatoms. The fourth-order valence-corrected chi connectivity index (χ4v) is 2.82. The molecule has 1 aliphatic heterocycles. The van der Waals surface area contributed by atoms with Crippen molar-refractivity contribution in [2.45, 2.75) is 38.6 Å². The van der Waals surface area contributed by atoms with Gasteiger partial charge in [-0.05, 0) is 37.1 Å². The molecule has 0 radical (unpaired) electrons. The van der Waals surface area contributed by atoms with Crippen molar-refractivity contribution in [1.82, 2.24) is 20.1 Å². The zero-order valence-electron chi connectivity index (χ0n) is 13.5. The van der Waals surface area contributed by atoms with Crippen LogP contribution in [0.4, 0.5) is 10.5 Å². The van der Waals surface area contributed by atoms with Gasteiger partial charge in [0, 0.05) is 31.6 Å². The predicted octanol–water partition coefficient (Wildman–Crippen LogP) is 2.24. The van der Waals surface area contributed by atoms with Crippen molar-refractivity contribution in [3.8, 4) is 6.07 Å². The Morgan fingerprint density at radius 3 is 2.83 bits per heavy atom. The zero-order valence-corrected chi connectivity index (χ0v) is 13.5. The van der Waals surface area contributed by atoms with E-state index in [1.165, 1.54) is 12.8 Å². The maximum Gasteiger partial charge on any atom is 0.319 e. The fourth-order valence-electron chi connectivity index (χ4n) is 2.82. The van der Waals surface area contributed by atoms with E-state index in [1.54, 1.807) is 24.3 Å². The number of anilines is 1. The van der Waals surface area contributed by atoms with Crippen LogP contribution in [-0.2, 0) is 19.4 Å². The number of rotatable bonds is 4. The number of urea groups is 1. The lowest BCUT2D eigenvalue weighted by molar-refractivity contribution is 0.252. The van der Waals surface area contributed by atoms with Gasteiger partial charge in [0.15, 0.2) is 0 Å². The molecule has 2 amide bonds. The minimum absolute atomic E-state index is 0.268. The van der Waals surface area contributed by atoms with Gasteiger partial charge in [-0.15, -0.1) is 10.2 Å². The summed E-state index contributed by atoms with van der Waals surface area (Å²) in [5.74, 6) is 2.00. The van der Waals surface area contributed by atoms with Gasteiger partial charge < -0.3 is 15.2 Å². The molecule has 3 rings (SSSR count). The van der Waals surface area contributed by atoms with E-state index in [1.807, 2.05) is 6.07 Å². The third kappa shape index (κ3) is 3.90. The van der Waals surface area contributed by atoms with Crippen LogP contribution in [0.3, 0.4) is 0 Å². The van der Waals surface area contributed by atoms with E-state index in [4.69, 9.17) is 5.26 Å². The van der Waals surface area contributed by atoms with Gasteiger partial charge in [-0.1, -0.05) is 6.42 Å². The standard InChI is InChI=1S/C17H20N6O/c18-12-13-5-7-14(8-6-13)20-17(24)19-10-9-16-22-21-15-4-2-1-3-11-23(15)16/h5-8H,1-4,9-11H2,(H2,19,20,24). The van der Waals surface area contributed by atoms with Gasteiger partial charge >= 0.3 is 6.03 Å². The molecule has 7 nitrogen and oxygen atoms in total. The second kappa shape index (κ2) is 7.59. The maximum absolute atomic E-state index is 11.9. The van der Waals surface area contributed by atoms with Crippen molar-refractivity contribution in [2.75, 3.05) is 11.9 Å². The summed E-state index contributed by atoms with van der Waals surface area (Å²) < 4.78 is 2.19. The number of aromatic nitrogens is 3. The van der Waals surface area contributed by atoms with Crippen LogP contribution < -0.4 is 10.6 Å². The molecule has 24 heavy (non-hydrogen) atoms. The van der Waals surface area contributed by atoms with Gasteiger partial charge in [-0.25, -0.2) is 4.79 Å². The van der Waals surface area contributed by atoms with Crippen LogP contribution in [0.2, 0.25) is 0 Å². The minimum Gasteiger partial charge on any atom is -0.337 e. The maximum atomic E-state index is 11.9. The number of nitrogens with zero attached hydrogens (tertiary/aromatic N) is 4. The summed E-state index contributed by atoms with van der Waals surface area (Å²) >= 11 is 0. The summed E-state index contributed by atoms with van der Waals surface area (Å²) in [4.78, 5) is 11.9. The van der Waals surface area contributed by atoms with Crippen molar-refractivity contribution < 1.29 is 4.79 Å². The zero-order chi connectivity index (χ0) is 16.8. The van der Waals surface area contributed by atoms with Crippen LogP contribution in [0.15, 0.2) is 24.3 Å². The summed E-state index contributed by atoms with van der Waals surface area (Å²) in [7, 11) is 0. The third-order valence-corrected chi connectivity index (χ3v) is 4.09. The molecule has 1 aromatic carbocycles. The smallest absolute Gasteiger partial charge is 0.319 e. The molecule has 0 saturated heterocycles. The van der Waals surface area contributed by atoms with E-state index >= 15 is 0 Å². The monoisotopic (exact) mass is 324 g/mol. The molecular weight excluding hydrogens is 304 g/mol. The second-order valence-corrected chi connectivity index (χ2v) is 5.81.